The minimum Gasteiger partial charge on any atom is -0.459 e. The Labute approximate surface area is 200 Å². The number of piperidine rings is 2. The van der Waals surface area contributed by atoms with Crippen molar-refractivity contribution in [1.82, 2.24) is 24.9 Å². The molecule has 9 heteroatoms. The molecular weight excluding hydrogens is 434 g/mol. The minimum atomic E-state index is -0.0685. The molecular formula is C25H35N5O4. The lowest BCUT2D eigenvalue weighted by Crippen LogP contribution is -2.46. The zero-order chi connectivity index (χ0) is 23.7. The van der Waals surface area contributed by atoms with Crippen LogP contribution in [0.4, 0.5) is 0 Å². The Bertz CT molecular complexity index is 987. The highest BCUT2D eigenvalue weighted by molar-refractivity contribution is 5.91. The lowest BCUT2D eigenvalue weighted by atomic mass is 9.76. The Morgan fingerprint density at radius 1 is 1.09 bits per heavy atom. The van der Waals surface area contributed by atoms with Gasteiger partial charge in [-0.15, -0.1) is 10.2 Å². The molecule has 34 heavy (non-hydrogen) atoms. The maximum Gasteiger partial charge on any atom is 0.289 e. The van der Waals surface area contributed by atoms with E-state index in [1.807, 2.05) is 23.6 Å². The summed E-state index contributed by atoms with van der Waals surface area (Å²) in [6, 6.07) is 3.39. The largest absolute Gasteiger partial charge is 0.459 e. The Morgan fingerprint density at radius 2 is 1.85 bits per heavy atom. The first-order chi connectivity index (χ1) is 16.4. The molecule has 0 radical (unpaired) electrons. The van der Waals surface area contributed by atoms with Crippen molar-refractivity contribution in [2.24, 2.45) is 5.41 Å². The van der Waals surface area contributed by atoms with Gasteiger partial charge >= 0.3 is 0 Å². The van der Waals surface area contributed by atoms with Crippen molar-refractivity contribution in [2.75, 3.05) is 39.3 Å². The predicted molar refractivity (Wildman–Crippen MR) is 124 cm³/mol. The van der Waals surface area contributed by atoms with E-state index in [9.17, 15) is 9.59 Å². The molecule has 0 bridgehead atoms. The fourth-order valence-corrected chi connectivity index (χ4v) is 5.69. The number of hydrogen-bond donors (Lipinski definition) is 0. The SMILES string of the molecule is CC(C)c1nnc(C2CC3(CCN(C(=O)c4ccco4)CC3)CN2CC(=O)N2CCCCC2)o1. The van der Waals surface area contributed by atoms with Gasteiger partial charge in [-0.3, -0.25) is 14.5 Å². The number of aromatic nitrogens is 2. The first-order valence-corrected chi connectivity index (χ1v) is 12.6. The molecule has 0 aliphatic carbocycles. The maximum atomic E-state index is 13.1. The average Bonchev–Trinajstić information content (AvgIpc) is 3.61. The van der Waals surface area contributed by atoms with Crippen LogP contribution in [-0.4, -0.2) is 76.0 Å². The Kier molecular flexibility index (Phi) is 6.46. The molecule has 184 valence electrons. The van der Waals surface area contributed by atoms with Crippen LogP contribution in [-0.2, 0) is 4.79 Å². The summed E-state index contributed by atoms with van der Waals surface area (Å²) in [4.78, 5) is 32.0. The van der Waals surface area contributed by atoms with E-state index in [-0.39, 0.29) is 29.2 Å². The third-order valence-corrected chi connectivity index (χ3v) is 7.73. The van der Waals surface area contributed by atoms with Crippen molar-refractivity contribution in [1.29, 1.82) is 0 Å². The molecule has 2 aromatic rings. The van der Waals surface area contributed by atoms with Crippen molar-refractivity contribution in [2.45, 2.75) is 64.3 Å². The second kappa shape index (κ2) is 9.52. The van der Waals surface area contributed by atoms with Gasteiger partial charge < -0.3 is 18.6 Å². The summed E-state index contributed by atoms with van der Waals surface area (Å²) in [6.07, 6.45) is 7.54. The molecule has 0 aromatic carbocycles. The lowest BCUT2D eigenvalue weighted by Gasteiger charge is -2.39. The molecule has 2 amide bonds. The summed E-state index contributed by atoms with van der Waals surface area (Å²) in [7, 11) is 0. The molecule has 0 saturated carbocycles. The lowest BCUT2D eigenvalue weighted by molar-refractivity contribution is -0.133. The van der Waals surface area contributed by atoms with E-state index in [1.165, 1.54) is 12.7 Å². The van der Waals surface area contributed by atoms with Crippen LogP contribution in [0.5, 0.6) is 0 Å². The summed E-state index contributed by atoms with van der Waals surface area (Å²) >= 11 is 0. The molecule has 3 aliphatic heterocycles. The zero-order valence-electron chi connectivity index (χ0n) is 20.2. The number of hydrogen-bond acceptors (Lipinski definition) is 7. The second-order valence-electron chi connectivity index (χ2n) is 10.5. The Morgan fingerprint density at radius 3 is 2.50 bits per heavy atom. The van der Waals surface area contributed by atoms with Crippen molar-refractivity contribution >= 4 is 11.8 Å². The van der Waals surface area contributed by atoms with Crippen molar-refractivity contribution in [3.63, 3.8) is 0 Å². The van der Waals surface area contributed by atoms with E-state index in [0.29, 0.717) is 37.2 Å². The number of carbonyl (C=O) groups excluding carboxylic acids is 2. The highest BCUT2D eigenvalue weighted by Crippen LogP contribution is 2.49. The fourth-order valence-electron chi connectivity index (χ4n) is 5.69. The number of amides is 2. The molecule has 1 unspecified atom stereocenters. The molecule has 3 aliphatic rings. The third kappa shape index (κ3) is 4.62. The maximum absolute atomic E-state index is 13.1. The number of nitrogens with zero attached hydrogens (tertiary/aromatic N) is 5. The number of carbonyl (C=O) groups is 2. The molecule has 5 rings (SSSR count). The average molecular weight is 470 g/mol. The van der Waals surface area contributed by atoms with Crippen LogP contribution in [0.3, 0.4) is 0 Å². The van der Waals surface area contributed by atoms with Gasteiger partial charge in [0.05, 0.1) is 18.8 Å². The van der Waals surface area contributed by atoms with Gasteiger partial charge in [0.1, 0.15) is 0 Å². The highest BCUT2D eigenvalue weighted by Gasteiger charge is 2.49. The highest BCUT2D eigenvalue weighted by atomic mass is 16.4. The van der Waals surface area contributed by atoms with Gasteiger partial charge in [-0.2, -0.15) is 0 Å². The molecule has 1 atom stereocenters. The fraction of sp³-hybridized carbons (Fsp3) is 0.680. The Balaban J connectivity index is 1.31. The van der Waals surface area contributed by atoms with E-state index < -0.39 is 0 Å². The quantitative estimate of drug-likeness (QED) is 0.662. The smallest absolute Gasteiger partial charge is 0.289 e. The summed E-state index contributed by atoms with van der Waals surface area (Å²) < 4.78 is 11.4. The van der Waals surface area contributed by atoms with Gasteiger partial charge in [0, 0.05) is 38.6 Å². The van der Waals surface area contributed by atoms with Crippen molar-refractivity contribution in [3.05, 3.63) is 35.9 Å². The van der Waals surface area contributed by atoms with Gasteiger partial charge in [-0.1, -0.05) is 13.8 Å². The number of furan rings is 1. The zero-order valence-corrected chi connectivity index (χ0v) is 20.2. The van der Waals surface area contributed by atoms with Crippen LogP contribution >= 0.6 is 0 Å². The molecule has 3 fully saturated rings. The van der Waals surface area contributed by atoms with E-state index in [0.717, 1.165) is 51.7 Å². The molecule has 2 aromatic heterocycles. The molecule has 1 spiro atoms. The molecule has 9 nitrogen and oxygen atoms in total. The Hall–Kier alpha value is -2.68. The predicted octanol–water partition coefficient (Wildman–Crippen LogP) is 3.47. The molecule has 0 N–H and O–H groups in total. The summed E-state index contributed by atoms with van der Waals surface area (Å²) in [5.74, 6) is 1.94. The van der Waals surface area contributed by atoms with Crippen molar-refractivity contribution < 1.29 is 18.4 Å². The third-order valence-electron chi connectivity index (χ3n) is 7.73. The summed E-state index contributed by atoms with van der Waals surface area (Å²) in [5, 5.41) is 8.64. The van der Waals surface area contributed by atoms with E-state index >= 15 is 0 Å². The van der Waals surface area contributed by atoms with Crippen LogP contribution in [0.2, 0.25) is 0 Å². The molecule has 5 heterocycles. The van der Waals surface area contributed by atoms with Gasteiger partial charge in [-0.05, 0) is 56.1 Å². The van der Waals surface area contributed by atoms with E-state index in [1.54, 1.807) is 12.1 Å². The van der Waals surface area contributed by atoms with Crippen LogP contribution < -0.4 is 0 Å². The van der Waals surface area contributed by atoms with Crippen molar-refractivity contribution in [3.8, 4) is 0 Å². The summed E-state index contributed by atoms with van der Waals surface area (Å²) in [5.41, 5.74) is 0.0270. The number of rotatable bonds is 5. The van der Waals surface area contributed by atoms with Crippen LogP contribution in [0.1, 0.15) is 86.7 Å². The number of likely N-dealkylation sites (tertiary alicyclic amines) is 3. The summed E-state index contributed by atoms with van der Waals surface area (Å²) in [6.45, 7) is 8.32. The normalized spacial score (nSPS) is 23.2. The molecule has 3 saturated heterocycles. The standard InChI is InChI=1S/C25H35N5O4/c1-18(2)22-26-27-23(34-22)19-15-25(17-30(19)16-21(31)28-10-4-3-5-11-28)8-12-29(13-9-25)24(32)20-7-6-14-33-20/h6-7,14,18-19H,3-5,8-13,15-17H2,1-2H3. The minimum absolute atomic E-state index is 0.0270. The van der Waals surface area contributed by atoms with Gasteiger partial charge in [-0.25, -0.2) is 0 Å². The van der Waals surface area contributed by atoms with Crippen LogP contribution in [0.25, 0.3) is 0 Å². The first kappa shape index (κ1) is 23.1. The van der Waals surface area contributed by atoms with Gasteiger partial charge in [0.25, 0.3) is 5.91 Å². The second-order valence-corrected chi connectivity index (χ2v) is 10.5. The monoisotopic (exact) mass is 469 g/mol. The van der Waals surface area contributed by atoms with Crippen LogP contribution in [0.15, 0.2) is 27.2 Å². The van der Waals surface area contributed by atoms with Gasteiger partial charge in [0.15, 0.2) is 5.76 Å². The van der Waals surface area contributed by atoms with E-state index in [2.05, 4.69) is 15.1 Å². The van der Waals surface area contributed by atoms with Gasteiger partial charge in [0.2, 0.25) is 17.7 Å². The van der Waals surface area contributed by atoms with Crippen LogP contribution in [0, 0.1) is 5.41 Å². The first-order valence-electron chi connectivity index (χ1n) is 12.6. The van der Waals surface area contributed by atoms with E-state index in [4.69, 9.17) is 8.83 Å². The topological polar surface area (TPSA) is 95.9 Å².